The lowest BCUT2D eigenvalue weighted by molar-refractivity contribution is 0.834. The van der Waals surface area contributed by atoms with Gasteiger partial charge in [-0.3, -0.25) is 0 Å². The van der Waals surface area contributed by atoms with Gasteiger partial charge in [-0.05, 0) is 13.8 Å². The topological polar surface area (TPSA) is 51.6 Å². The molecule has 0 amide bonds. The fourth-order valence-corrected chi connectivity index (χ4v) is 0.904. The molecule has 14 heavy (non-hydrogen) atoms. The summed E-state index contributed by atoms with van der Waals surface area (Å²) in [7, 11) is 0. The third-order valence-electron chi connectivity index (χ3n) is 1.48. The van der Waals surface area contributed by atoms with E-state index in [9.17, 15) is 0 Å². The van der Waals surface area contributed by atoms with Crippen LogP contribution in [0.3, 0.4) is 0 Å². The van der Waals surface area contributed by atoms with Gasteiger partial charge in [0.1, 0.15) is 0 Å². The molecule has 0 aliphatic heterocycles. The lowest BCUT2D eigenvalue weighted by Crippen LogP contribution is -1.96. The molecule has 1 heterocycles. The third kappa shape index (κ3) is 2.90. The lowest BCUT2D eigenvalue weighted by Gasteiger charge is -1.95. The van der Waals surface area contributed by atoms with Gasteiger partial charge in [-0.15, -0.1) is 20.4 Å². The first kappa shape index (κ1) is 10.2. The predicted molar refractivity (Wildman–Crippen MR) is 55.2 cm³/mol. The van der Waals surface area contributed by atoms with Crippen molar-refractivity contribution in [3.63, 3.8) is 0 Å². The first-order valence-electron chi connectivity index (χ1n) is 4.35. The second-order valence-electron chi connectivity index (χ2n) is 2.52. The maximum absolute atomic E-state index is 3.87. The normalized spacial score (nSPS) is 12.9. The Morgan fingerprint density at radius 2 is 1.86 bits per heavy atom. The maximum Gasteiger partial charge on any atom is 0.203 e. The molecule has 0 bridgehead atoms. The summed E-state index contributed by atoms with van der Waals surface area (Å²) < 4.78 is 0. The van der Waals surface area contributed by atoms with Gasteiger partial charge in [0, 0.05) is 5.57 Å². The van der Waals surface area contributed by atoms with Crippen LogP contribution in [-0.2, 0) is 0 Å². The van der Waals surface area contributed by atoms with Crippen LogP contribution < -0.4 is 0 Å². The predicted octanol–water partition coefficient (Wildman–Crippen LogP) is 1.80. The van der Waals surface area contributed by atoms with Gasteiger partial charge in [0.2, 0.25) is 5.82 Å². The van der Waals surface area contributed by atoms with E-state index < -0.39 is 0 Å². The first-order valence-corrected chi connectivity index (χ1v) is 4.35. The highest BCUT2D eigenvalue weighted by atomic mass is 15.3. The molecule has 0 spiro atoms. The molecule has 4 nitrogen and oxygen atoms in total. The third-order valence-corrected chi connectivity index (χ3v) is 1.48. The smallest absolute Gasteiger partial charge is 0.135 e. The van der Waals surface area contributed by atoms with Crippen LogP contribution >= 0.6 is 0 Å². The van der Waals surface area contributed by atoms with Crippen molar-refractivity contribution < 1.29 is 0 Å². The summed E-state index contributed by atoms with van der Waals surface area (Å²) in [6, 6.07) is 0. The summed E-state index contributed by atoms with van der Waals surface area (Å²) in [6.07, 6.45) is 10.9. The molecule has 0 saturated carbocycles. The molecule has 0 radical (unpaired) electrons. The second kappa shape index (κ2) is 5.75. The molecule has 4 heteroatoms. The van der Waals surface area contributed by atoms with E-state index in [-0.39, 0.29) is 0 Å². The van der Waals surface area contributed by atoms with Crippen LogP contribution in [0, 0.1) is 0 Å². The summed E-state index contributed by atoms with van der Waals surface area (Å²) in [5.41, 5.74) is 0.895. The molecule has 0 saturated heterocycles. The fraction of sp³-hybridized carbons (Fsp3) is 0.200. The highest BCUT2D eigenvalue weighted by molar-refractivity contribution is 5.70. The van der Waals surface area contributed by atoms with Gasteiger partial charge < -0.3 is 0 Å². The number of hydrogen-bond donors (Lipinski definition) is 0. The Labute approximate surface area is 83.1 Å². The highest BCUT2D eigenvalue weighted by Crippen LogP contribution is 2.08. The molecule has 0 fully saturated rings. The minimum Gasteiger partial charge on any atom is -0.135 e. The van der Waals surface area contributed by atoms with Crippen molar-refractivity contribution in [1.29, 1.82) is 0 Å². The van der Waals surface area contributed by atoms with Crippen LogP contribution in [0.25, 0.3) is 5.57 Å². The summed E-state index contributed by atoms with van der Waals surface area (Å²) in [4.78, 5) is 0. The zero-order chi connectivity index (χ0) is 10.2. The molecule has 0 aromatic carbocycles. The van der Waals surface area contributed by atoms with Crippen molar-refractivity contribution in [2.24, 2.45) is 0 Å². The minimum absolute atomic E-state index is 0.531. The van der Waals surface area contributed by atoms with Gasteiger partial charge in [-0.25, -0.2) is 0 Å². The Kier molecular flexibility index (Phi) is 4.20. The molecule has 0 aliphatic rings. The van der Waals surface area contributed by atoms with Gasteiger partial charge in [-0.2, -0.15) is 0 Å². The lowest BCUT2D eigenvalue weighted by atomic mass is 10.2. The average Bonchev–Trinajstić information content (AvgIpc) is 2.25. The van der Waals surface area contributed by atoms with Gasteiger partial charge >= 0.3 is 0 Å². The highest BCUT2D eigenvalue weighted by Gasteiger charge is 1.99. The van der Waals surface area contributed by atoms with E-state index in [1.807, 2.05) is 44.2 Å². The molecule has 1 aromatic heterocycles. The van der Waals surface area contributed by atoms with Crippen molar-refractivity contribution in [1.82, 2.24) is 20.4 Å². The van der Waals surface area contributed by atoms with Gasteiger partial charge in [-0.1, -0.05) is 30.4 Å². The molecular formula is C10H12N4. The van der Waals surface area contributed by atoms with E-state index in [1.165, 1.54) is 6.33 Å². The molecule has 1 rings (SSSR count). The second-order valence-corrected chi connectivity index (χ2v) is 2.52. The van der Waals surface area contributed by atoms with Gasteiger partial charge in [0.25, 0.3) is 0 Å². The van der Waals surface area contributed by atoms with E-state index >= 15 is 0 Å². The number of rotatable bonds is 3. The molecule has 0 aliphatic carbocycles. The Bertz CT molecular complexity index is 352. The van der Waals surface area contributed by atoms with Crippen molar-refractivity contribution in [2.45, 2.75) is 13.8 Å². The number of aromatic nitrogens is 4. The van der Waals surface area contributed by atoms with Gasteiger partial charge in [0.05, 0.1) is 0 Å². The molecule has 0 N–H and O–H groups in total. The van der Waals surface area contributed by atoms with Crippen LogP contribution in [0.5, 0.6) is 0 Å². The number of nitrogens with zero attached hydrogens (tertiary/aromatic N) is 4. The van der Waals surface area contributed by atoms with Crippen LogP contribution in [0.2, 0.25) is 0 Å². The van der Waals surface area contributed by atoms with Crippen molar-refractivity contribution in [3.05, 3.63) is 42.5 Å². The standard InChI is InChI=1S/C10H12N4/c1-3-5-7-9(6-4-2)10-13-11-8-12-14-10/h3-8H,1-2H3/b5-3-,6-4-,9-7+. The Morgan fingerprint density at radius 3 is 2.43 bits per heavy atom. The van der Waals surface area contributed by atoms with Crippen LogP contribution in [-0.4, -0.2) is 20.4 Å². The summed E-state index contributed by atoms with van der Waals surface area (Å²) >= 11 is 0. The summed E-state index contributed by atoms with van der Waals surface area (Å²) in [6.45, 7) is 3.89. The SMILES string of the molecule is C\C=C/C=C(\C=C/C)c1nncnn1. The maximum atomic E-state index is 3.87. The fourth-order valence-electron chi connectivity index (χ4n) is 0.904. The van der Waals surface area contributed by atoms with E-state index in [4.69, 9.17) is 0 Å². The Hall–Kier alpha value is -1.84. The first-order chi connectivity index (χ1) is 6.88. The van der Waals surface area contributed by atoms with Crippen molar-refractivity contribution >= 4 is 5.57 Å². The van der Waals surface area contributed by atoms with E-state index in [0.29, 0.717) is 5.82 Å². The monoisotopic (exact) mass is 188 g/mol. The van der Waals surface area contributed by atoms with E-state index in [0.717, 1.165) is 5.57 Å². The van der Waals surface area contributed by atoms with Crippen molar-refractivity contribution in [3.8, 4) is 0 Å². The molecule has 72 valence electrons. The number of allylic oxidation sites excluding steroid dienone is 6. The number of hydrogen-bond acceptors (Lipinski definition) is 4. The van der Waals surface area contributed by atoms with E-state index in [1.54, 1.807) is 0 Å². The van der Waals surface area contributed by atoms with Crippen LogP contribution in [0.4, 0.5) is 0 Å². The Morgan fingerprint density at radius 1 is 1.14 bits per heavy atom. The van der Waals surface area contributed by atoms with Gasteiger partial charge in [0.15, 0.2) is 6.33 Å². The quantitative estimate of drug-likeness (QED) is 0.679. The largest absolute Gasteiger partial charge is 0.203 e. The molecule has 0 unspecified atom stereocenters. The van der Waals surface area contributed by atoms with E-state index in [2.05, 4.69) is 20.4 Å². The Balaban J connectivity index is 3.00. The zero-order valence-corrected chi connectivity index (χ0v) is 8.25. The van der Waals surface area contributed by atoms with Crippen LogP contribution in [0.1, 0.15) is 19.7 Å². The molecular weight excluding hydrogens is 176 g/mol. The minimum atomic E-state index is 0.531. The molecule has 0 atom stereocenters. The zero-order valence-electron chi connectivity index (χ0n) is 8.25. The van der Waals surface area contributed by atoms with Crippen LogP contribution in [0.15, 0.2) is 36.7 Å². The summed E-state index contributed by atoms with van der Waals surface area (Å²) in [5.74, 6) is 0.531. The average molecular weight is 188 g/mol. The molecule has 1 aromatic rings. The van der Waals surface area contributed by atoms with Crippen molar-refractivity contribution in [2.75, 3.05) is 0 Å². The summed E-state index contributed by atoms with van der Waals surface area (Å²) in [5, 5.41) is 15.1.